The molecular formula is C14H20ClN3O2. The van der Waals surface area contributed by atoms with Crippen LogP contribution in [0.4, 0.5) is 5.69 Å². The summed E-state index contributed by atoms with van der Waals surface area (Å²) in [7, 11) is 1.89. The summed E-state index contributed by atoms with van der Waals surface area (Å²) in [6, 6.07) is 5.41. The van der Waals surface area contributed by atoms with Gasteiger partial charge in [-0.25, -0.2) is 0 Å². The topological polar surface area (TPSA) is 70.2 Å². The number of fused-ring (bicyclic) bond motifs is 1. The largest absolute Gasteiger partial charge is 0.352 e. The number of aryl methyl sites for hydroxylation is 1. The molecule has 1 aromatic rings. The van der Waals surface area contributed by atoms with Gasteiger partial charge in [0.05, 0.1) is 0 Å². The molecule has 0 fully saturated rings. The fourth-order valence-corrected chi connectivity index (χ4v) is 2.09. The van der Waals surface area contributed by atoms with Crippen molar-refractivity contribution in [3.8, 4) is 0 Å². The lowest BCUT2D eigenvalue weighted by Gasteiger charge is -2.17. The lowest BCUT2D eigenvalue weighted by Crippen LogP contribution is -2.27. The van der Waals surface area contributed by atoms with Crippen LogP contribution in [0.25, 0.3) is 0 Å². The number of carbonyl (C=O) groups excluding carboxylic acids is 2. The third-order valence-electron chi connectivity index (χ3n) is 3.15. The van der Waals surface area contributed by atoms with E-state index >= 15 is 0 Å². The van der Waals surface area contributed by atoms with Crippen molar-refractivity contribution in [2.24, 2.45) is 0 Å². The van der Waals surface area contributed by atoms with Crippen molar-refractivity contribution in [1.29, 1.82) is 0 Å². The second kappa shape index (κ2) is 7.87. The summed E-state index contributed by atoms with van der Waals surface area (Å²) in [5.74, 6) is -0.0208. The Morgan fingerprint density at radius 1 is 1.30 bits per heavy atom. The van der Waals surface area contributed by atoms with Gasteiger partial charge in [0.2, 0.25) is 5.91 Å². The van der Waals surface area contributed by atoms with Crippen molar-refractivity contribution in [3.63, 3.8) is 0 Å². The lowest BCUT2D eigenvalue weighted by molar-refractivity contribution is -0.116. The smallest absolute Gasteiger partial charge is 0.251 e. The van der Waals surface area contributed by atoms with Gasteiger partial charge in [0.1, 0.15) is 0 Å². The van der Waals surface area contributed by atoms with E-state index in [0.29, 0.717) is 24.9 Å². The Balaban J connectivity index is 0.00000200. The number of hydrogen-bond acceptors (Lipinski definition) is 3. The van der Waals surface area contributed by atoms with E-state index in [-0.39, 0.29) is 24.2 Å². The second-order valence-electron chi connectivity index (χ2n) is 4.63. The number of halogens is 1. The van der Waals surface area contributed by atoms with Gasteiger partial charge in [-0.1, -0.05) is 0 Å². The quantitative estimate of drug-likeness (QED) is 0.718. The average molecular weight is 298 g/mol. The van der Waals surface area contributed by atoms with Crippen molar-refractivity contribution in [3.05, 3.63) is 29.3 Å². The Bertz CT molecular complexity index is 491. The maximum atomic E-state index is 11.9. The molecule has 1 aromatic carbocycles. The molecule has 0 aromatic heterocycles. The minimum Gasteiger partial charge on any atom is -0.352 e. The number of anilines is 1. The Hall–Kier alpha value is -1.59. The Labute approximate surface area is 124 Å². The molecular weight excluding hydrogens is 278 g/mol. The first kappa shape index (κ1) is 16.5. The Morgan fingerprint density at radius 3 is 2.85 bits per heavy atom. The van der Waals surface area contributed by atoms with E-state index in [1.165, 1.54) is 0 Å². The molecule has 0 bridgehead atoms. The zero-order valence-corrected chi connectivity index (χ0v) is 12.3. The molecule has 5 nitrogen and oxygen atoms in total. The highest BCUT2D eigenvalue weighted by Gasteiger charge is 2.16. The van der Waals surface area contributed by atoms with Crippen LogP contribution in [0.5, 0.6) is 0 Å². The number of nitrogens with one attached hydrogen (secondary N) is 3. The van der Waals surface area contributed by atoms with Crippen LogP contribution < -0.4 is 16.0 Å². The second-order valence-corrected chi connectivity index (χ2v) is 4.63. The minimum absolute atomic E-state index is 0. The van der Waals surface area contributed by atoms with Crippen LogP contribution in [0.1, 0.15) is 28.8 Å². The summed E-state index contributed by atoms with van der Waals surface area (Å²) in [6.07, 6.45) is 2.09. The number of benzene rings is 1. The predicted octanol–water partition coefficient (Wildman–Crippen LogP) is 1.33. The molecule has 6 heteroatoms. The molecule has 1 heterocycles. The standard InChI is InChI=1S/C14H19N3O2.ClH/c1-15-7-2-8-16-14(19)11-3-5-12-10(9-11)4-6-13(18)17-12;/h3,5,9,15H,2,4,6-8H2,1H3,(H,16,19)(H,17,18);1H. The van der Waals surface area contributed by atoms with Crippen molar-refractivity contribution in [2.45, 2.75) is 19.3 Å². The Kier molecular flexibility index (Phi) is 6.48. The van der Waals surface area contributed by atoms with Gasteiger partial charge < -0.3 is 16.0 Å². The molecule has 0 radical (unpaired) electrons. The monoisotopic (exact) mass is 297 g/mol. The summed E-state index contributed by atoms with van der Waals surface area (Å²) in [5, 5.41) is 8.72. The van der Waals surface area contributed by atoms with E-state index in [0.717, 1.165) is 24.2 Å². The zero-order chi connectivity index (χ0) is 13.7. The van der Waals surface area contributed by atoms with Gasteiger partial charge in [-0.15, -0.1) is 12.4 Å². The first-order valence-electron chi connectivity index (χ1n) is 6.56. The van der Waals surface area contributed by atoms with Gasteiger partial charge in [-0.2, -0.15) is 0 Å². The molecule has 0 aliphatic carbocycles. The first-order chi connectivity index (χ1) is 9.20. The van der Waals surface area contributed by atoms with E-state index in [2.05, 4.69) is 16.0 Å². The summed E-state index contributed by atoms with van der Waals surface area (Å²) in [5.41, 5.74) is 2.50. The maximum Gasteiger partial charge on any atom is 0.251 e. The molecule has 20 heavy (non-hydrogen) atoms. The summed E-state index contributed by atoms with van der Waals surface area (Å²) >= 11 is 0. The van der Waals surface area contributed by atoms with Crippen LogP contribution in [0, 0.1) is 0 Å². The molecule has 0 unspecified atom stereocenters. The SMILES string of the molecule is CNCCCNC(=O)c1ccc2c(c1)CCC(=O)N2.Cl. The first-order valence-corrected chi connectivity index (χ1v) is 6.56. The maximum absolute atomic E-state index is 11.9. The molecule has 110 valence electrons. The van der Waals surface area contributed by atoms with E-state index in [1.807, 2.05) is 13.1 Å². The van der Waals surface area contributed by atoms with Crippen LogP contribution in [-0.2, 0) is 11.2 Å². The summed E-state index contributed by atoms with van der Waals surface area (Å²) in [6.45, 7) is 1.55. The number of amides is 2. The van der Waals surface area contributed by atoms with Crippen molar-refractivity contribution in [2.75, 3.05) is 25.5 Å². The predicted molar refractivity (Wildman–Crippen MR) is 81.5 cm³/mol. The highest BCUT2D eigenvalue weighted by Crippen LogP contribution is 2.23. The van der Waals surface area contributed by atoms with E-state index in [1.54, 1.807) is 12.1 Å². The van der Waals surface area contributed by atoms with Gasteiger partial charge in [0, 0.05) is 24.2 Å². The number of hydrogen-bond donors (Lipinski definition) is 3. The molecule has 0 spiro atoms. The normalized spacial score (nSPS) is 12.9. The lowest BCUT2D eigenvalue weighted by atomic mass is 10.00. The fraction of sp³-hybridized carbons (Fsp3) is 0.429. The minimum atomic E-state index is -0.0594. The molecule has 0 saturated heterocycles. The summed E-state index contributed by atoms with van der Waals surface area (Å²) in [4.78, 5) is 23.2. The van der Waals surface area contributed by atoms with Crippen LogP contribution in [-0.4, -0.2) is 32.0 Å². The van der Waals surface area contributed by atoms with Gasteiger partial charge in [0.15, 0.2) is 0 Å². The molecule has 3 N–H and O–H groups in total. The number of carbonyl (C=O) groups is 2. The fourth-order valence-electron chi connectivity index (χ4n) is 2.09. The molecule has 2 amide bonds. The summed E-state index contributed by atoms with van der Waals surface area (Å²) < 4.78 is 0. The Morgan fingerprint density at radius 2 is 2.10 bits per heavy atom. The van der Waals surface area contributed by atoms with Crippen LogP contribution in [0.15, 0.2) is 18.2 Å². The van der Waals surface area contributed by atoms with Crippen molar-refractivity contribution >= 4 is 29.9 Å². The highest BCUT2D eigenvalue weighted by atomic mass is 35.5. The molecule has 1 aliphatic rings. The van der Waals surface area contributed by atoms with Crippen LogP contribution in [0.2, 0.25) is 0 Å². The molecule has 1 aliphatic heterocycles. The van der Waals surface area contributed by atoms with Gasteiger partial charge in [-0.3, -0.25) is 9.59 Å². The third-order valence-corrected chi connectivity index (χ3v) is 3.15. The van der Waals surface area contributed by atoms with E-state index < -0.39 is 0 Å². The van der Waals surface area contributed by atoms with E-state index in [9.17, 15) is 9.59 Å². The van der Waals surface area contributed by atoms with Crippen LogP contribution >= 0.6 is 12.4 Å². The number of rotatable bonds is 5. The van der Waals surface area contributed by atoms with E-state index in [4.69, 9.17) is 0 Å². The third kappa shape index (κ3) is 4.21. The highest BCUT2D eigenvalue weighted by molar-refractivity contribution is 5.97. The van der Waals surface area contributed by atoms with Gasteiger partial charge >= 0.3 is 0 Å². The van der Waals surface area contributed by atoms with Gasteiger partial charge in [-0.05, 0) is 50.2 Å². The van der Waals surface area contributed by atoms with Crippen LogP contribution in [0.3, 0.4) is 0 Å². The molecule has 0 saturated carbocycles. The zero-order valence-electron chi connectivity index (χ0n) is 11.5. The molecule has 2 rings (SSSR count). The van der Waals surface area contributed by atoms with Gasteiger partial charge in [0.25, 0.3) is 5.91 Å². The average Bonchev–Trinajstić information content (AvgIpc) is 2.42. The van der Waals surface area contributed by atoms with Crippen molar-refractivity contribution < 1.29 is 9.59 Å². The molecule has 0 atom stereocenters. The van der Waals surface area contributed by atoms with Crippen molar-refractivity contribution in [1.82, 2.24) is 10.6 Å².